The Morgan fingerprint density at radius 2 is 1.82 bits per heavy atom. The van der Waals surface area contributed by atoms with Crippen LogP contribution in [-0.4, -0.2) is 66.9 Å². The summed E-state index contributed by atoms with van der Waals surface area (Å²) >= 11 is 0. The summed E-state index contributed by atoms with van der Waals surface area (Å²) in [5.74, 6) is -3.61. The van der Waals surface area contributed by atoms with E-state index in [9.17, 15) is 13.2 Å². The Morgan fingerprint density at radius 3 is 2.58 bits per heavy atom. The molecule has 8 bridgehead atoms. The van der Waals surface area contributed by atoms with Crippen LogP contribution in [0.25, 0.3) is 10.9 Å². The Labute approximate surface area is 262 Å². The number of amides is 1. The number of rotatable bonds is 1. The standard InChI is InChI=1S/C33H40F3N5O3S/c1-20-26-6-5-7-28(30(26)34)33(35,36)17-22-18-41(19-22)11-4-3-10-37-29(42)16-25-14-24(23-8-12-45(43,44)13-9-23)15-27-31(25)39-21(2)40-32(27)38-20/h5-7,14-15,20,22-23H,3-4,8-13,16-19H2,1-2H3,(H,37,42)(H,38,39,40)/t20-/m1/s1. The molecule has 242 valence electrons. The van der Waals surface area contributed by atoms with Crippen molar-refractivity contribution in [1.29, 1.82) is 0 Å². The largest absolute Gasteiger partial charge is 0.363 e. The second-order valence-electron chi connectivity index (χ2n) is 13.0. The second kappa shape index (κ2) is 12.5. The van der Waals surface area contributed by atoms with Gasteiger partial charge in [-0.2, -0.15) is 0 Å². The predicted octanol–water partition coefficient (Wildman–Crippen LogP) is 5.41. The van der Waals surface area contributed by atoms with Crippen molar-refractivity contribution >= 4 is 32.5 Å². The lowest BCUT2D eigenvalue weighted by molar-refractivity contribution is -0.120. The molecule has 2 fully saturated rings. The van der Waals surface area contributed by atoms with Crippen molar-refractivity contribution in [3.8, 4) is 0 Å². The van der Waals surface area contributed by atoms with Crippen LogP contribution in [0.4, 0.5) is 19.0 Å². The summed E-state index contributed by atoms with van der Waals surface area (Å²) in [4.78, 5) is 24.6. The fraction of sp³-hybridized carbons (Fsp3) is 0.545. The number of alkyl halides is 2. The monoisotopic (exact) mass is 643 g/mol. The lowest BCUT2D eigenvalue weighted by Gasteiger charge is -2.41. The number of aromatic nitrogens is 2. The van der Waals surface area contributed by atoms with Crippen LogP contribution >= 0.6 is 0 Å². The first-order valence-corrected chi connectivity index (χ1v) is 17.6. The molecule has 7 rings (SSSR count). The number of hydrogen-bond donors (Lipinski definition) is 2. The van der Waals surface area contributed by atoms with Gasteiger partial charge in [-0.1, -0.05) is 24.3 Å². The minimum Gasteiger partial charge on any atom is -0.363 e. The van der Waals surface area contributed by atoms with Gasteiger partial charge in [-0.05, 0) is 75.1 Å². The molecule has 5 heterocycles. The normalized spacial score (nSPS) is 25.9. The van der Waals surface area contributed by atoms with Crippen LogP contribution in [-0.2, 0) is 27.0 Å². The molecule has 12 heteroatoms. The Kier molecular flexibility index (Phi) is 8.82. The van der Waals surface area contributed by atoms with Crippen LogP contribution in [0.1, 0.15) is 79.1 Å². The van der Waals surface area contributed by atoms with Gasteiger partial charge in [-0.15, -0.1) is 0 Å². The number of carbonyl (C=O) groups is 1. The molecule has 0 unspecified atom stereocenters. The van der Waals surface area contributed by atoms with Crippen molar-refractivity contribution in [2.45, 2.75) is 70.3 Å². The number of nitrogens with zero attached hydrogens (tertiary/aromatic N) is 3. The van der Waals surface area contributed by atoms with E-state index in [-0.39, 0.29) is 41.2 Å². The third kappa shape index (κ3) is 6.96. The number of sulfone groups is 1. The van der Waals surface area contributed by atoms with Gasteiger partial charge in [0.15, 0.2) is 0 Å². The Balaban J connectivity index is 1.41. The molecular weight excluding hydrogens is 603 g/mol. The molecule has 4 aliphatic heterocycles. The van der Waals surface area contributed by atoms with E-state index < -0.39 is 39.6 Å². The van der Waals surface area contributed by atoms with Crippen molar-refractivity contribution in [3.63, 3.8) is 0 Å². The van der Waals surface area contributed by atoms with Gasteiger partial charge in [0.1, 0.15) is 27.3 Å². The van der Waals surface area contributed by atoms with Crippen LogP contribution in [0.5, 0.6) is 0 Å². The molecule has 3 aromatic rings. The Morgan fingerprint density at radius 1 is 1.07 bits per heavy atom. The molecule has 45 heavy (non-hydrogen) atoms. The van der Waals surface area contributed by atoms with Gasteiger partial charge in [-0.3, -0.25) is 4.79 Å². The molecule has 4 aliphatic rings. The Hall–Kier alpha value is -3.25. The van der Waals surface area contributed by atoms with Crippen LogP contribution in [0.2, 0.25) is 0 Å². The predicted molar refractivity (Wildman–Crippen MR) is 168 cm³/mol. The summed E-state index contributed by atoms with van der Waals surface area (Å²) in [5, 5.41) is 6.88. The van der Waals surface area contributed by atoms with E-state index in [0.717, 1.165) is 24.9 Å². The van der Waals surface area contributed by atoms with Gasteiger partial charge in [0, 0.05) is 37.0 Å². The van der Waals surface area contributed by atoms with Gasteiger partial charge in [0.2, 0.25) is 5.91 Å². The minimum atomic E-state index is -3.31. The molecule has 0 saturated carbocycles. The average Bonchev–Trinajstić information content (AvgIpc) is 2.95. The summed E-state index contributed by atoms with van der Waals surface area (Å²) in [6.07, 6.45) is 2.19. The highest BCUT2D eigenvalue weighted by Crippen LogP contribution is 2.41. The highest BCUT2D eigenvalue weighted by molar-refractivity contribution is 7.91. The van der Waals surface area contributed by atoms with E-state index >= 15 is 13.2 Å². The fourth-order valence-corrected chi connectivity index (χ4v) is 8.47. The summed E-state index contributed by atoms with van der Waals surface area (Å²) in [7, 11) is -3.08. The van der Waals surface area contributed by atoms with Gasteiger partial charge >= 0.3 is 0 Å². The summed E-state index contributed by atoms with van der Waals surface area (Å²) in [6, 6.07) is 7.30. The molecule has 2 N–H and O–H groups in total. The number of anilines is 1. The molecule has 1 amide bonds. The molecule has 2 saturated heterocycles. The first-order chi connectivity index (χ1) is 21.4. The quantitative estimate of drug-likeness (QED) is 0.366. The number of halogens is 3. The smallest absolute Gasteiger partial charge is 0.276 e. The number of benzene rings is 2. The molecule has 1 aromatic heterocycles. The van der Waals surface area contributed by atoms with E-state index in [1.165, 1.54) is 18.2 Å². The van der Waals surface area contributed by atoms with Crippen LogP contribution in [0.15, 0.2) is 30.3 Å². The zero-order chi connectivity index (χ0) is 31.9. The molecule has 8 nitrogen and oxygen atoms in total. The van der Waals surface area contributed by atoms with Crippen molar-refractivity contribution < 1.29 is 26.4 Å². The molecule has 0 radical (unpaired) electrons. The lowest BCUT2D eigenvalue weighted by Crippen LogP contribution is -2.48. The highest BCUT2D eigenvalue weighted by Gasteiger charge is 2.41. The van der Waals surface area contributed by atoms with Crippen LogP contribution in [0.3, 0.4) is 0 Å². The van der Waals surface area contributed by atoms with Crippen LogP contribution in [0, 0.1) is 18.7 Å². The maximum atomic E-state index is 15.9. The topological polar surface area (TPSA) is 104 Å². The fourth-order valence-electron chi connectivity index (χ4n) is 6.98. The van der Waals surface area contributed by atoms with Gasteiger partial charge < -0.3 is 15.5 Å². The van der Waals surface area contributed by atoms with Gasteiger partial charge in [-0.25, -0.2) is 31.6 Å². The SMILES string of the molecule is Cc1nc2c3cc(C4CCS(=O)(=O)CC4)cc(c3n1)CC(=O)NCCCCN1CC(C1)CC(F)(F)c1cccc(c1F)[C@@H](C)N2. The zero-order valence-electron chi connectivity index (χ0n) is 25.7. The van der Waals surface area contributed by atoms with E-state index in [4.69, 9.17) is 0 Å². The van der Waals surface area contributed by atoms with Crippen molar-refractivity contribution in [2.24, 2.45) is 5.92 Å². The summed E-state index contributed by atoms with van der Waals surface area (Å²) in [6.45, 7) is 5.78. The maximum absolute atomic E-state index is 15.9. The third-order valence-corrected chi connectivity index (χ3v) is 11.1. The molecule has 2 aromatic carbocycles. The number of hydrogen-bond acceptors (Lipinski definition) is 7. The van der Waals surface area contributed by atoms with E-state index in [2.05, 4.69) is 25.5 Å². The number of fused-ring (bicyclic) bond motifs is 8. The highest BCUT2D eigenvalue weighted by atomic mass is 32.2. The lowest BCUT2D eigenvalue weighted by atomic mass is 9.88. The second-order valence-corrected chi connectivity index (χ2v) is 15.3. The van der Waals surface area contributed by atoms with E-state index in [0.29, 0.717) is 60.6 Å². The number of carbonyl (C=O) groups excluding carboxylic acids is 1. The average molecular weight is 644 g/mol. The number of aryl methyl sites for hydroxylation is 1. The first kappa shape index (κ1) is 31.7. The third-order valence-electron chi connectivity index (χ3n) is 9.43. The van der Waals surface area contributed by atoms with Gasteiger partial charge in [0.05, 0.1) is 35.0 Å². The Bertz CT molecular complexity index is 1700. The molecule has 1 atom stereocenters. The molecule has 0 aliphatic carbocycles. The van der Waals surface area contributed by atoms with Crippen molar-refractivity contribution in [3.05, 3.63) is 64.2 Å². The van der Waals surface area contributed by atoms with E-state index in [1.807, 2.05) is 12.1 Å². The maximum Gasteiger partial charge on any atom is 0.276 e. The van der Waals surface area contributed by atoms with E-state index in [1.54, 1.807) is 13.8 Å². The summed E-state index contributed by atoms with van der Waals surface area (Å²) < 4.78 is 71.1. The zero-order valence-corrected chi connectivity index (χ0v) is 26.5. The van der Waals surface area contributed by atoms with Crippen LogP contribution < -0.4 is 10.6 Å². The molecule has 0 spiro atoms. The number of nitrogens with one attached hydrogen (secondary N) is 2. The van der Waals surface area contributed by atoms with Crippen molar-refractivity contribution in [2.75, 3.05) is 43.0 Å². The first-order valence-electron chi connectivity index (χ1n) is 15.8. The minimum absolute atomic E-state index is 0.0293. The summed E-state index contributed by atoms with van der Waals surface area (Å²) in [5.41, 5.74) is 1.66. The van der Waals surface area contributed by atoms with Crippen molar-refractivity contribution in [1.82, 2.24) is 20.2 Å². The molecular formula is C33H40F3N5O3S. The van der Waals surface area contributed by atoms with Gasteiger partial charge in [0.25, 0.3) is 5.92 Å².